The Hall–Kier alpha value is -2.16. The number of hydrogen-bond acceptors (Lipinski definition) is 2. The Bertz CT molecular complexity index is 553. The summed E-state index contributed by atoms with van der Waals surface area (Å²) in [5, 5.41) is 0. The summed E-state index contributed by atoms with van der Waals surface area (Å²) >= 11 is 0. The molecule has 1 saturated heterocycles. The standard InChI is InChI=1S/C16H16N2O/c19-16-11-13(10-14-6-4-5-9-17-14)12-18(16)15-7-2-1-3-8-15/h1-9,13H,10-12H2. The molecule has 3 nitrogen and oxygen atoms in total. The van der Waals surface area contributed by atoms with Gasteiger partial charge in [0.1, 0.15) is 0 Å². The number of benzene rings is 1. The molecule has 0 N–H and O–H groups in total. The van der Waals surface area contributed by atoms with E-state index in [0.29, 0.717) is 12.3 Å². The minimum atomic E-state index is 0.215. The molecule has 0 aliphatic carbocycles. The zero-order chi connectivity index (χ0) is 13.1. The molecule has 0 bridgehead atoms. The van der Waals surface area contributed by atoms with E-state index in [9.17, 15) is 4.79 Å². The van der Waals surface area contributed by atoms with Gasteiger partial charge in [0, 0.05) is 30.5 Å². The van der Waals surface area contributed by atoms with E-state index in [1.807, 2.05) is 53.4 Å². The Labute approximate surface area is 112 Å². The molecule has 0 saturated carbocycles. The SMILES string of the molecule is O=C1CC(Cc2ccccn2)CN1c1ccccc1. The quantitative estimate of drug-likeness (QED) is 0.841. The highest BCUT2D eigenvalue weighted by Gasteiger charge is 2.30. The Balaban J connectivity index is 1.70. The summed E-state index contributed by atoms with van der Waals surface area (Å²) in [6.45, 7) is 0.791. The largest absolute Gasteiger partial charge is 0.312 e. The van der Waals surface area contributed by atoms with Crippen molar-refractivity contribution < 1.29 is 4.79 Å². The minimum absolute atomic E-state index is 0.215. The first kappa shape index (κ1) is 11.9. The molecule has 1 unspecified atom stereocenters. The first-order valence-electron chi connectivity index (χ1n) is 6.58. The summed E-state index contributed by atoms with van der Waals surface area (Å²) in [4.78, 5) is 18.3. The smallest absolute Gasteiger partial charge is 0.227 e. The van der Waals surface area contributed by atoms with E-state index in [1.54, 1.807) is 6.20 Å². The molecule has 1 aromatic carbocycles. The lowest BCUT2D eigenvalue weighted by Crippen LogP contribution is -2.24. The van der Waals surface area contributed by atoms with Gasteiger partial charge in [0.2, 0.25) is 5.91 Å². The summed E-state index contributed by atoms with van der Waals surface area (Å²) < 4.78 is 0. The zero-order valence-corrected chi connectivity index (χ0v) is 10.7. The van der Waals surface area contributed by atoms with Gasteiger partial charge in [-0.3, -0.25) is 9.78 Å². The van der Waals surface area contributed by atoms with Crippen LogP contribution in [0.4, 0.5) is 5.69 Å². The molecule has 1 amide bonds. The lowest BCUT2D eigenvalue weighted by atomic mass is 10.0. The molecule has 1 aliphatic rings. The normalized spacial score (nSPS) is 18.8. The van der Waals surface area contributed by atoms with Gasteiger partial charge in [-0.15, -0.1) is 0 Å². The highest BCUT2D eigenvalue weighted by Crippen LogP contribution is 2.26. The molecule has 3 rings (SSSR count). The van der Waals surface area contributed by atoms with Gasteiger partial charge in [0.05, 0.1) is 0 Å². The average molecular weight is 252 g/mol. The maximum Gasteiger partial charge on any atom is 0.227 e. The highest BCUT2D eigenvalue weighted by atomic mass is 16.2. The third-order valence-electron chi connectivity index (χ3n) is 3.50. The van der Waals surface area contributed by atoms with E-state index in [-0.39, 0.29) is 5.91 Å². The number of amides is 1. The van der Waals surface area contributed by atoms with Crippen LogP contribution in [0.2, 0.25) is 0 Å². The van der Waals surface area contributed by atoms with Crippen molar-refractivity contribution in [3.05, 3.63) is 60.4 Å². The Morgan fingerprint density at radius 3 is 2.63 bits per heavy atom. The maximum absolute atomic E-state index is 12.1. The van der Waals surface area contributed by atoms with E-state index in [2.05, 4.69) is 4.98 Å². The van der Waals surface area contributed by atoms with Crippen molar-refractivity contribution >= 4 is 11.6 Å². The number of hydrogen-bond donors (Lipinski definition) is 0. The molecular weight excluding hydrogens is 236 g/mol. The molecule has 0 radical (unpaired) electrons. The van der Waals surface area contributed by atoms with Crippen LogP contribution in [0.1, 0.15) is 12.1 Å². The number of aromatic nitrogens is 1. The van der Waals surface area contributed by atoms with Crippen molar-refractivity contribution in [2.45, 2.75) is 12.8 Å². The van der Waals surface area contributed by atoms with Gasteiger partial charge in [-0.1, -0.05) is 24.3 Å². The van der Waals surface area contributed by atoms with Crippen molar-refractivity contribution in [2.75, 3.05) is 11.4 Å². The van der Waals surface area contributed by atoms with Crippen molar-refractivity contribution in [1.29, 1.82) is 0 Å². The Morgan fingerprint density at radius 2 is 1.89 bits per heavy atom. The van der Waals surface area contributed by atoms with Gasteiger partial charge in [-0.05, 0) is 36.6 Å². The minimum Gasteiger partial charge on any atom is -0.312 e. The van der Waals surface area contributed by atoms with Crippen LogP contribution in [0.5, 0.6) is 0 Å². The summed E-state index contributed by atoms with van der Waals surface area (Å²) in [6, 6.07) is 15.8. The fourth-order valence-corrected chi connectivity index (χ4v) is 2.59. The Kier molecular flexibility index (Phi) is 3.27. The molecular formula is C16H16N2O. The van der Waals surface area contributed by atoms with Crippen molar-refractivity contribution in [1.82, 2.24) is 4.98 Å². The molecule has 3 heteroatoms. The number of para-hydroxylation sites is 1. The first-order valence-corrected chi connectivity index (χ1v) is 6.58. The lowest BCUT2D eigenvalue weighted by molar-refractivity contribution is -0.117. The molecule has 1 fully saturated rings. The first-order chi connectivity index (χ1) is 9.33. The third kappa shape index (κ3) is 2.65. The van der Waals surface area contributed by atoms with Crippen molar-refractivity contribution in [2.24, 2.45) is 5.92 Å². The number of carbonyl (C=O) groups excluding carboxylic acids is 1. The van der Waals surface area contributed by atoms with Crippen LogP contribution < -0.4 is 4.90 Å². The monoisotopic (exact) mass is 252 g/mol. The average Bonchev–Trinajstić information content (AvgIpc) is 2.82. The van der Waals surface area contributed by atoms with Crippen LogP contribution in [0.25, 0.3) is 0 Å². The number of anilines is 1. The van der Waals surface area contributed by atoms with E-state index in [4.69, 9.17) is 0 Å². The highest BCUT2D eigenvalue weighted by molar-refractivity contribution is 5.95. The second-order valence-electron chi connectivity index (χ2n) is 4.94. The van der Waals surface area contributed by atoms with Gasteiger partial charge < -0.3 is 4.90 Å². The van der Waals surface area contributed by atoms with E-state index in [1.165, 1.54) is 0 Å². The molecule has 96 valence electrons. The number of carbonyl (C=O) groups is 1. The second kappa shape index (κ2) is 5.22. The molecule has 2 heterocycles. The van der Waals surface area contributed by atoms with E-state index < -0.39 is 0 Å². The van der Waals surface area contributed by atoms with Gasteiger partial charge >= 0.3 is 0 Å². The molecule has 1 atom stereocenters. The predicted octanol–water partition coefficient (Wildman–Crippen LogP) is 2.68. The molecule has 2 aromatic rings. The van der Waals surface area contributed by atoms with Gasteiger partial charge in [-0.2, -0.15) is 0 Å². The Morgan fingerprint density at radius 1 is 1.11 bits per heavy atom. The maximum atomic E-state index is 12.1. The number of pyridine rings is 1. The van der Waals surface area contributed by atoms with Gasteiger partial charge in [0.15, 0.2) is 0 Å². The van der Waals surface area contributed by atoms with Crippen molar-refractivity contribution in [3.63, 3.8) is 0 Å². The van der Waals surface area contributed by atoms with Crippen LogP contribution in [-0.2, 0) is 11.2 Å². The topological polar surface area (TPSA) is 33.2 Å². The molecule has 1 aliphatic heterocycles. The zero-order valence-electron chi connectivity index (χ0n) is 10.7. The van der Waals surface area contributed by atoms with Crippen LogP contribution in [0.3, 0.4) is 0 Å². The number of rotatable bonds is 3. The van der Waals surface area contributed by atoms with Gasteiger partial charge in [-0.25, -0.2) is 0 Å². The van der Waals surface area contributed by atoms with E-state index >= 15 is 0 Å². The van der Waals surface area contributed by atoms with Crippen LogP contribution in [-0.4, -0.2) is 17.4 Å². The van der Waals surface area contributed by atoms with Gasteiger partial charge in [0.25, 0.3) is 0 Å². The summed E-state index contributed by atoms with van der Waals surface area (Å²) in [6.07, 6.45) is 3.29. The summed E-state index contributed by atoms with van der Waals surface area (Å²) in [5.41, 5.74) is 2.06. The second-order valence-corrected chi connectivity index (χ2v) is 4.94. The van der Waals surface area contributed by atoms with Crippen molar-refractivity contribution in [3.8, 4) is 0 Å². The molecule has 19 heavy (non-hydrogen) atoms. The van der Waals surface area contributed by atoms with E-state index in [0.717, 1.165) is 24.3 Å². The predicted molar refractivity (Wildman–Crippen MR) is 74.8 cm³/mol. The van der Waals surface area contributed by atoms with Crippen LogP contribution in [0.15, 0.2) is 54.7 Å². The van der Waals surface area contributed by atoms with Crippen LogP contribution >= 0.6 is 0 Å². The number of nitrogens with zero attached hydrogens (tertiary/aromatic N) is 2. The summed E-state index contributed by atoms with van der Waals surface area (Å²) in [7, 11) is 0. The van der Waals surface area contributed by atoms with Crippen LogP contribution in [0, 0.1) is 5.92 Å². The summed E-state index contributed by atoms with van der Waals surface area (Å²) in [5.74, 6) is 0.578. The fourth-order valence-electron chi connectivity index (χ4n) is 2.59. The third-order valence-corrected chi connectivity index (χ3v) is 3.50. The molecule has 0 spiro atoms. The fraction of sp³-hybridized carbons (Fsp3) is 0.250. The lowest BCUT2D eigenvalue weighted by Gasteiger charge is -2.16. The molecule has 1 aromatic heterocycles.